The topological polar surface area (TPSA) is 86.8 Å². The molecule has 0 aliphatic heterocycles. The van der Waals surface area contributed by atoms with Crippen LogP contribution in [-0.4, -0.2) is 38.1 Å². The van der Waals surface area contributed by atoms with Gasteiger partial charge in [-0.1, -0.05) is 18.2 Å². The second-order valence-corrected chi connectivity index (χ2v) is 5.83. The molecule has 0 saturated heterocycles. The quantitative estimate of drug-likeness (QED) is 0.764. The van der Waals surface area contributed by atoms with Gasteiger partial charge in [-0.25, -0.2) is 9.78 Å². The predicted molar refractivity (Wildman–Crippen MR) is 96.0 cm³/mol. The number of carbonyl (C=O) groups is 1. The molecule has 7 nitrogen and oxygen atoms in total. The zero-order valence-electron chi connectivity index (χ0n) is 14.4. The number of rotatable bonds is 4. The van der Waals surface area contributed by atoms with Gasteiger partial charge in [0.15, 0.2) is 5.82 Å². The third kappa shape index (κ3) is 3.82. The molecule has 0 fully saturated rings. The van der Waals surface area contributed by atoms with Crippen LogP contribution in [-0.2, 0) is 0 Å². The summed E-state index contributed by atoms with van der Waals surface area (Å²) in [5.41, 5.74) is 2.50. The minimum Gasteiger partial charge on any atom is -0.321 e. The molecule has 0 aliphatic rings. The van der Waals surface area contributed by atoms with Crippen LogP contribution >= 0.6 is 0 Å². The lowest BCUT2D eigenvalue weighted by molar-refractivity contribution is 0.208. The molecule has 2 heterocycles. The van der Waals surface area contributed by atoms with Gasteiger partial charge in [0.2, 0.25) is 0 Å². The average Bonchev–Trinajstić information content (AvgIpc) is 3.08. The monoisotopic (exact) mass is 336 g/mol. The first-order valence-corrected chi connectivity index (χ1v) is 7.98. The van der Waals surface area contributed by atoms with Crippen molar-refractivity contribution in [2.45, 2.75) is 19.9 Å². The van der Waals surface area contributed by atoms with Gasteiger partial charge in [-0.3, -0.25) is 10.1 Å². The number of H-pyrrole nitrogens is 1. The molecule has 0 bridgehead atoms. The number of benzene rings is 1. The smallest absolute Gasteiger partial charge is 0.321 e. The Morgan fingerprint density at radius 3 is 2.80 bits per heavy atom. The minimum absolute atomic E-state index is 0.0902. The van der Waals surface area contributed by atoms with Crippen LogP contribution in [0.5, 0.6) is 0 Å². The highest BCUT2D eigenvalue weighted by atomic mass is 16.2. The second kappa shape index (κ2) is 7.12. The number of pyridine rings is 1. The van der Waals surface area contributed by atoms with Gasteiger partial charge in [0.25, 0.3) is 0 Å². The first kappa shape index (κ1) is 16.6. The van der Waals surface area contributed by atoms with Crippen molar-refractivity contribution in [2.75, 3.05) is 12.4 Å². The number of anilines is 1. The van der Waals surface area contributed by atoms with Gasteiger partial charge in [-0.05, 0) is 37.6 Å². The average molecular weight is 336 g/mol. The summed E-state index contributed by atoms with van der Waals surface area (Å²) in [4.78, 5) is 22.6. The highest BCUT2D eigenvalue weighted by molar-refractivity contribution is 5.90. The Labute approximate surface area is 146 Å². The molecular formula is C18H20N6O. The summed E-state index contributed by atoms with van der Waals surface area (Å²) in [5.74, 6) is 1.35. The van der Waals surface area contributed by atoms with Crippen LogP contribution in [0.4, 0.5) is 10.5 Å². The van der Waals surface area contributed by atoms with E-state index in [1.54, 1.807) is 24.3 Å². The summed E-state index contributed by atoms with van der Waals surface area (Å²) < 4.78 is 0. The Morgan fingerprint density at radius 2 is 2.12 bits per heavy atom. The van der Waals surface area contributed by atoms with Crippen molar-refractivity contribution in [2.24, 2.45) is 0 Å². The molecule has 0 spiro atoms. The van der Waals surface area contributed by atoms with Crippen molar-refractivity contribution >= 4 is 11.7 Å². The standard InChI is InChI=1S/C18H20N6O/c1-12(15-7-5-9-19-11-15)24(3)18(25)21-16-8-4-6-14(10-16)17-20-13(2)22-23-17/h4-12H,1-3H3,(H,21,25)(H,20,22,23). The number of urea groups is 1. The maximum atomic E-state index is 12.5. The summed E-state index contributed by atoms with van der Waals surface area (Å²) >= 11 is 0. The lowest BCUT2D eigenvalue weighted by Gasteiger charge is -2.25. The van der Waals surface area contributed by atoms with Crippen LogP contribution in [0.15, 0.2) is 48.8 Å². The number of nitrogens with zero attached hydrogens (tertiary/aromatic N) is 4. The molecule has 1 atom stereocenters. The van der Waals surface area contributed by atoms with Crippen molar-refractivity contribution in [3.8, 4) is 11.4 Å². The number of aryl methyl sites for hydroxylation is 1. The Bertz CT molecular complexity index is 861. The first-order valence-electron chi connectivity index (χ1n) is 7.98. The fourth-order valence-electron chi connectivity index (χ4n) is 2.44. The van der Waals surface area contributed by atoms with E-state index in [4.69, 9.17) is 0 Å². The van der Waals surface area contributed by atoms with E-state index in [0.717, 1.165) is 17.0 Å². The predicted octanol–water partition coefficient (Wildman–Crippen LogP) is 3.40. The van der Waals surface area contributed by atoms with Gasteiger partial charge in [0.05, 0.1) is 6.04 Å². The molecular weight excluding hydrogens is 316 g/mol. The van der Waals surface area contributed by atoms with Gasteiger partial charge in [-0.2, -0.15) is 5.10 Å². The number of amides is 2. The van der Waals surface area contributed by atoms with Crippen LogP contribution < -0.4 is 5.32 Å². The van der Waals surface area contributed by atoms with Gasteiger partial charge in [-0.15, -0.1) is 0 Å². The Balaban J connectivity index is 1.72. The summed E-state index contributed by atoms with van der Waals surface area (Å²) in [6.07, 6.45) is 3.48. The van der Waals surface area contributed by atoms with Gasteiger partial charge < -0.3 is 10.2 Å². The molecule has 0 radical (unpaired) electrons. The second-order valence-electron chi connectivity index (χ2n) is 5.83. The first-order chi connectivity index (χ1) is 12.0. The lowest BCUT2D eigenvalue weighted by Crippen LogP contribution is -2.33. The molecule has 2 N–H and O–H groups in total. The van der Waals surface area contributed by atoms with Crippen LogP contribution in [0.25, 0.3) is 11.4 Å². The molecule has 0 saturated carbocycles. The van der Waals surface area contributed by atoms with Crippen molar-refractivity contribution < 1.29 is 4.79 Å². The summed E-state index contributed by atoms with van der Waals surface area (Å²) in [6.45, 7) is 3.81. The number of hydrogen-bond donors (Lipinski definition) is 2. The summed E-state index contributed by atoms with van der Waals surface area (Å²) in [6, 6.07) is 11.0. The van der Waals surface area contributed by atoms with Gasteiger partial charge in [0, 0.05) is 30.7 Å². The van der Waals surface area contributed by atoms with Crippen molar-refractivity contribution in [1.29, 1.82) is 0 Å². The number of aromatic nitrogens is 4. The zero-order chi connectivity index (χ0) is 17.8. The third-order valence-corrected chi connectivity index (χ3v) is 4.04. The van der Waals surface area contributed by atoms with Crippen LogP contribution in [0.2, 0.25) is 0 Å². The van der Waals surface area contributed by atoms with E-state index in [1.807, 2.05) is 50.2 Å². The largest absolute Gasteiger partial charge is 0.322 e. The normalized spacial score (nSPS) is 11.8. The van der Waals surface area contributed by atoms with Crippen molar-refractivity contribution in [3.63, 3.8) is 0 Å². The van der Waals surface area contributed by atoms with E-state index in [2.05, 4.69) is 25.5 Å². The molecule has 3 aromatic rings. The third-order valence-electron chi connectivity index (χ3n) is 4.04. The molecule has 128 valence electrons. The molecule has 0 aliphatic carbocycles. The van der Waals surface area contributed by atoms with E-state index in [9.17, 15) is 4.79 Å². The Kier molecular flexibility index (Phi) is 4.74. The molecule has 25 heavy (non-hydrogen) atoms. The van der Waals surface area contributed by atoms with E-state index >= 15 is 0 Å². The highest BCUT2D eigenvalue weighted by Crippen LogP contribution is 2.21. The summed E-state index contributed by atoms with van der Waals surface area (Å²) in [5, 5.41) is 9.87. The molecule has 1 unspecified atom stereocenters. The molecule has 7 heteroatoms. The molecule has 2 amide bonds. The van der Waals surface area contributed by atoms with Gasteiger partial charge in [0.1, 0.15) is 5.82 Å². The number of nitrogens with one attached hydrogen (secondary N) is 2. The highest BCUT2D eigenvalue weighted by Gasteiger charge is 2.17. The van der Waals surface area contributed by atoms with Crippen LogP contribution in [0.3, 0.4) is 0 Å². The lowest BCUT2D eigenvalue weighted by atomic mass is 10.1. The van der Waals surface area contributed by atoms with Crippen molar-refractivity contribution in [3.05, 3.63) is 60.2 Å². The number of hydrogen-bond acceptors (Lipinski definition) is 4. The zero-order valence-corrected chi connectivity index (χ0v) is 14.4. The fourth-order valence-corrected chi connectivity index (χ4v) is 2.44. The van der Waals surface area contributed by atoms with Crippen molar-refractivity contribution in [1.82, 2.24) is 25.1 Å². The van der Waals surface area contributed by atoms with E-state index in [1.165, 1.54) is 0 Å². The summed E-state index contributed by atoms with van der Waals surface area (Å²) in [7, 11) is 1.76. The molecule has 1 aromatic carbocycles. The SMILES string of the molecule is Cc1nc(-c2cccc(NC(=O)N(C)C(C)c3cccnc3)c2)n[nH]1. The Morgan fingerprint density at radius 1 is 1.28 bits per heavy atom. The van der Waals surface area contributed by atoms with E-state index in [-0.39, 0.29) is 12.1 Å². The maximum Gasteiger partial charge on any atom is 0.322 e. The Hall–Kier alpha value is -3.22. The van der Waals surface area contributed by atoms with E-state index in [0.29, 0.717) is 11.5 Å². The fraction of sp³-hybridized carbons (Fsp3) is 0.222. The minimum atomic E-state index is -0.195. The molecule has 2 aromatic heterocycles. The van der Waals surface area contributed by atoms with Crippen LogP contribution in [0, 0.1) is 6.92 Å². The molecule has 3 rings (SSSR count). The maximum absolute atomic E-state index is 12.5. The van der Waals surface area contributed by atoms with Crippen LogP contribution in [0.1, 0.15) is 24.4 Å². The van der Waals surface area contributed by atoms with E-state index < -0.39 is 0 Å². The van der Waals surface area contributed by atoms with Gasteiger partial charge >= 0.3 is 6.03 Å². The number of aromatic amines is 1. The number of carbonyl (C=O) groups excluding carboxylic acids is 1.